The number of hydrogen-bond donors (Lipinski definition) is 1. The van der Waals surface area contributed by atoms with E-state index in [0.29, 0.717) is 12.0 Å². The molecule has 1 aromatic heterocycles. The number of aromatic nitrogens is 2. The third-order valence-electron chi connectivity index (χ3n) is 3.08. The minimum Gasteiger partial charge on any atom is -0.481 e. The molecule has 1 aromatic rings. The Balaban J connectivity index is 2.02. The van der Waals surface area contributed by atoms with Gasteiger partial charge in [0.1, 0.15) is 5.82 Å². The zero-order valence-corrected chi connectivity index (χ0v) is 10.9. The fourth-order valence-corrected chi connectivity index (χ4v) is 2.18. The van der Waals surface area contributed by atoms with Crippen LogP contribution in [0.4, 0.5) is 11.8 Å². The van der Waals surface area contributed by atoms with Crippen molar-refractivity contribution < 1.29 is 9.47 Å². The molecular weight excluding hydrogens is 232 g/mol. The van der Waals surface area contributed by atoms with Crippen LogP contribution in [0.25, 0.3) is 0 Å². The van der Waals surface area contributed by atoms with Crippen molar-refractivity contribution in [2.45, 2.75) is 25.9 Å². The second-order valence-electron chi connectivity index (χ2n) is 4.27. The number of methoxy groups -OCH3 is 1. The fourth-order valence-electron chi connectivity index (χ4n) is 2.18. The van der Waals surface area contributed by atoms with Gasteiger partial charge in [-0.25, -0.2) is 0 Å². The van der Waals surface area contributed by atoms with Crippen molar-refractivity contribution in [2.75, 3.05) is 37.4 Å². The Bertz CT molecular complexity index is 392. The first-order valence-corrected chi connectivity index (χ1v) is 6.28. The normalized spacial score (nSPS) is 16.9. The van der Waals surface area contributed by atoms with E-state index in [9.17, 15) is 0 Å². The maximum absolute atomic E-state index is 5.66. The number of piperidine rings is 1. The van der Waals surface area contributed by atoms with Gasteiger partial charge in [-0.15, -0.1) is 0 Å². The van der Waals surface area contributed by atoms with Crippen LogP contribution in [-0.2, 0) is 4.74 Å². The van der Waals surface area contributed by atoms with E-state index in [2.05, 4.69) is 14.9 Å². The summed E-state index contributed by atoms with van der Waals surface area (Å²) in [7, 11) is 1.58. The van der Waals surface area contributed by atoms with Gasteiger partial charge in [0.25, 0.3) is 0 Å². The van der Waals surface area contributed by atoms with Gasteiger partial charge in [-0.2, -0.15) is 9.97 Å². The summed E-state index contributed by atoms with van der Waals surface area (Å²) >= 11 is 0. The van der Waals surface area contributed by atoms with Crippen LogP contribution in [0, 0.1) is 0 Å². The highest BCUT2D eigenvalue weighted by Gasteiger charge is 2.21. The van der Waals surface area contributed by atoms with E-state index in [1.54, 1.807) is 7.11 Å². The third kappa shape index (κ3) is 3.01. The van der Waals surface area contributed by atoms with Crippen molar-refractivity contribution in [1.82, 2.24) is 9.97 Å². The van der Waals surface area contributed by atoms with Gasteiger partial charge in [0, 0.05) is 25.8 Å². The molecule has 18 heavy (non-hydrogen) atoms. The van der Waals surface area contributed by atoms with E-state index in [1.165, 1.54) is 0 Å². The number of ether oxygens (including phenoxy) is 2. The molecule has 1 fully saturated rings. The molecule has 0 amide bonds. The van der Waals surface area contributed by atoms with Crippen LogP contribution >= 0.6 is 0 Å². The Labute approximate surface area is 107 Å². The van der Waals surface area contributed by atoms with Crippen molar-refractivity contribution in [3.63, 3.8) is 0 Å². The molecule has 2 N–H and O–H groups in total. The molecule has 1 saturated heterocycles. The maximum atomic E-state index is 5.66. The Morgan fingerprint density at radius 3 is 2.72 bits per heavy atom. The lowest BCUT2D eigenvalue weighted by atomic mass is 10.1. The second-order valence-corrected chi connectivity index (χ2v) is 4.27. The average Bonchev–Trinajstić information content (AvgIpc) is 2.39. The van der Waals surface area contributed by atoms with Crippen LogP contribution in [0.1, 0.15) is 19.8 Å². The summed E-state index contributed by atoms with van der Waals surface area (Å²) < 4.78 is 10.7. The van der Waals surface area contributed by atoms with Crippen molar-refractivity contribution >= 4 is 11.8 Å². The standard InChI is InChI=1S/C12H20N4O2/c1-3-18-9-4-6-16(7-5-9)10-8-11(17-2)15-12(13)14-10/h8-9H,3-7H2,1-2H3,(H2,13,14,15). The van der Waals surface area contributed by atoms with Gasteiger partial charge in [0.15, 0.2) is 0 Å². The highest BCUT2D eigenvalue weighted by molar-refractivity contribution is 5.45. The number of rotatable bonds is 4. The van der Waals surface area contributed by atoms with Gasteiger partial charge >= 0.3 is 0 Å². The number of anilines is 2. The summed E-state index contributed by atoms with van der Waals surface area (Å²) in [5.74, 6) is 1.58. The molecule has 0 atom stereocenters. The summed E-state index contributed by atoms with van der Waals surface area (Å²) in [6.07, 6.45) is 2.40. The van der Waals surface area contributed by atoms with Crippen molar-refractivity contribution in [1.29, 1.82) is 0 Å². The van der Waals surface area contributed by atoms with Gasteiger partial charge in [-0.05, 0) is 19.8 Å². The van der Waals surface area contributed by atoms with Crippen LogP contribution in [0.3, 0.4) is 0 Å². The lowest BCUT2D eigenvalue weighted by Gasteiger charge is -2.32. The topological polar surface area (TPSA) is 73.5 Å². The first-order chi connectivity index (χ1) is 8.72. The number of nitrogens with zero attached hydrogens (tertiary/aromatic N) is 3. The lowest BCUT2D eigenvalue weighted by Crippen LogP contribution is -2.37. The molecule has 1 aliphatic heterocycles. The predicted molar refractivity (Wildman–Crippen MR) is 69.9 cm³/mol. The Kier molecular flexibility index (Phi) is 4.19. The van der Waals surface area contributed by atoms with Crippen LogP contribution in [0.5, 0.6) is 5.88 Å². The molecule has 2 rings (SSSR count). The van der Waals surface area contributed by atoms with E-state index in [0.717, 1.165) is 38.4 Å². The van der Waals surface area contributed by atoms with E-state index in [-0.39, 0.29) is 5.95 Å². The smallest absolute Gasteiger partial charge is 0.225 e. The summed E-state index contributed by atoms with van der Waals surface area (Å²) in [4.78, 5) is 10.4. The number of hydrogen-bond acceptors (Lipinski definition) is 6. The molecule has 100 valence electrons. The summed E-state index contributed by atoms with van der Waals surface area (Å²) in [6.45, 7) is 4.65. The Morgan fingerprint density at radius 2 is 2.11 bits per heavy atom. The highest BCUT2D eigenvalue weighted by atomic mass is 16.5. The molecule has 6 nitrogen and oxygen atoms in total. The quantitative estimate of drug-likeness (QED) is 0.864. The van der Waals surface area contributed by atoms with Crippen LogP contribution < -0.4 is 15.4 Å². The van der Waals surface area contributed by atoms with E-state index in [4.69, 9.17) is 15.2 Å². The molecule has 6 heteroatoms. The number of nitrogens with two attached hydrogens (primary N) is 1. The fraction of sp³-hybridized carbons (Fsp3) is 0.667. The zero-order valence-electron chi connectivity index (χ0n) is 10.9. The molecule has 0 bridgehead atoms. The van der Waals surface area contributed by atoms with E-state index in [1.807, 2.05) is 13.0 Å². The Hall–Kier alpha value is -1.56. The first-order valence-electron chi connectivity index (χ1n) is 6.28. The molecule has 0 radical (unpaired) electrons. The van der Waals surface area contributed by atoms with Crippen molar-refractivity contribution in [2.24, 2.45) is 0 Å². The molecule has 1 aliphatic rings. The minimum atomic E-state index is 0.247. The first kappa shape index (κ1) is 12.9. The SMILES string of the molecule is CCOC1CCN(c2cc(OC)nc(N)n2)CC1. The number of nitrogen functional groups attached to an aromatic ring is 1. The molecule has 0 aliphatic carbocycles. The Morgan fingerprint density at radius 1 is 1.39 bits per heavy atom. The summed E-state index contributed by atoms with van der Waals surface area (Å²) in [5.41, 5.74) is 5.66. The maximum Gasteiger partial charge on any atom is 0.225 e. The third-order valence-corrected chi connectivity index (χ3v) is 3.08. The predicted octanol–water partition coefficient (Wildman–Crippen LogP) is 1.07. The van der Waals surface area contributed by atoms with Crippen molar-refractivity contribution in [3.05, 3.63) is 6.07 Å². The van der Waals surface area contributed by atoms with Crippen LogP contribution in [0.2, 0.25) is 0 Å². The molecule has 0 unspecified atom stereocenters. The minimum absolute atomic E-state index is 0.247. The van der Waals surface area contributed by atoms with Gasteiger partial charge in [0.2, 0.25) is 11.8 Å². The van der Waals surface area contributed by atoms with E-state index < -0.39 is 0 Å². The molecule has 0 aromatic carbocycles. The van der Waals surface area contributed by atoms with Crippen LogP contribution in [0.15, 0.2) is 6.07 Å². The summed E-state index contributed by atoms with van der Waals surface area (Å²) in [6, 6.07) is 1.82. The highest BCUT2D eigenvalue weighted by Crippen LogP contribution is 2.23. The van der Waals surface area contributed by atoms with Crippen molar-refractivity contribution in [3.8, 4) is 5.88 Å². The average molecular weight is 252 g/mol. The lowest BCUT2D eigenvalue weighted by molar-refractivity contribution is 0.0458. The summed E-state index contributed by atoms with van der Waals surface area (Å²) in [5, 5.41) is 0. The second kappa shape index (κ2) is 5.86. The zero-order chi connectivity index (χ0) is 13.0. The largest absolute Gasteiger partial charge is 0.481 e. The monoisotopic (exact) mass is 252 g/mol. The molecule has 0 spiro atoms. The molecule has 0 saturated carbocycles. The molecule has 2 heterocycles. The van der Waals surface area contributed by atoms with Gasteiger partial charge in [-0.3, -0.25) is 0 Å². The molecular formula is C12H20N4O2. The van der Waals surface area contributed by atoms with Gasteiger partial charge in [0.05, 0.1) is 13.2 Å². The van der Waals surface area contributed by atoms with E-state index >= 15 is 0 Å². The van der Waals surface area contributed by atoms with Gasteiger partial charge < -0.3 is 20.1 Å². The van der Waals surface area contributed by atoms with Crippen LogP contribution in [-0.4, -0.2) is 42.9 Å². The van der Waals surface area contributed by atoms with Gasteiger partial charge in [-0.1, -0.05) is 0 Å².